The summed E-state index contributed by atoms with van der Waals surface area (Å²) in [5.41, 5.74) is 1.61. The van der Waals surface area contributed by atoms with E-state index in [0.717, 1.165) is 16.7 Å². The third-order valence-corrected chi connectivity index (χ3v) is 6.26. The first-order valence-electron chi connectivity index (χ1n) is 11.7. The Morgan fingerprint density at radius 2 is 1.77 bits per heavy atom. The first kappa shape index (κ1) is 24.8. The number of aliphatic hydroxyl groups excluding tert-OH is 1. The standard InChI is InChI=1S/C28H29ClN2O4/c1-20-28(18-21-6-3-2-4-7-21,27(33)30-19-22-8-12-24(29)13-9-22)31-26(35-20)23-10-14-25(15-11-23)34-17-5-16-32/h2-4,6-15,20,32H,5,16-19H2,1H3,(H,30,33)/t20-,28-/m1/s1. The SMILES string of the molecule is C[C@H]1OC(c2ccc(OCCCO)cc2)=N[C@@]1(Cc1ccccc1)C(=O)NCc1ccc(Cl)cc1. The number of aliphatic imine (C=N–C) groups is 1. The Morgan fingerprint density at radius 3 is 2.46 bits per heavy atom. The fourth-order valence-electron chi connectivity index (χ4n) is 3.99. The summed E-state index contributed by atoms with van der Waals surface area (Å²) in [5, 5.41) is 12.6. The van der Waals surface area contributed by atoms with Gasteiger partial charge in [-0.25, -0.2) is 4.99 Å². The number of ether oxygens (including phenoxy) is 2. The molecular formula is C28H29ClN2O4. The van der Waals surface area contributed by atoms with Gasteiger partial charge in [-0.2, -0.15) is 0 Å². The summed E-state index contributed by atoms with van der Waals surface area (Å²) in [5.74, 6) is 0.935. The van der Waals surface area contributed by atoms with Crippen LogP contribution >= 0.6 is 11.6 Å². The van der Waals surface area contributed by atoms with E-state index in [0.29, 0.717) is 42.7 Å². The molecule has 0 fully saturated rings. The van der Waals surface area contributed by atoms with Crippen molar-refractivity contribution in [2.75, 3.05) is 13.2 Å². The molecule has 3 aromatic carbocycles. The monoisotopic (exact) mass is 492 g/mol. The third-order valence-electron chi connectivity index (χ3n) is 6.01. The minimum atomic E-state index is -1.11. The normalized spacial score (nSPS) is 19.1. The Labute approximate surface area is 210 Å². The number of amides is 1. The molecule has 0 unspecified atom stereocenters. The van der Waals surface area contributed by atoms with Gasteiger partial charge in [0.05, 0.1) is 6.61 Å². The van der Waals surface area contributed by atoms with E-state index in [1.807, 2.05) is 73.7 Å². The number of aliphatic hydroxyl groups is 1. The van der Waals surface area contributed by atoms with Crippen LogP contribution in [0.15, 0.2) is 83.9 Å². The molecule has 0 saturated carbocycles. The average Bonchev–Trinajstić information content (AvgIpc) is 3.21. The molecular weight excluding hydrogens is 464 g/mol. The summed E-state index contributed by atoms with van der Waals surface area (Å²) < 4.78 is 11.8. The molecule has 3 aromatic rings. The maximum Gasteiger partial charge on any atom is 0.252 e. The fraction of sp³-hybridized carbons (Fsp3) is 0.286. The number of carbonyl (C=O) groups is 1. The zero-order chi connectivity index (χ0) is 24.7. The second kappa shape index (κ2) is 11.4. The lowest BCUT2D eigenvalue weighted by Gasteiger charge is -2.28. The van der Waals surface area contributed by atoms with Gasteiger partial charge >= 0.3 is 0 Å². The number of nitrogens with zero attached hydrogens (tertiary/aromatic N) is 1. The zero-order valence-electron chi connectivity index (χ0n) is 19.6. The number of carbonyl (C=O) groups excluding carboxylic acids is 1. The van der Waals surface area contributed by atoms with Crippen molar-refractivity contribution in [2.45, 2.75) is 38.0 Å². The molecule has 1 aliphatic rings. The maximum atomic E-state index is 13.6. The highest BCUT2D eigenvalue weighted by Gasteiger charge is 2.50. The molecule has 0 spiro atoms. The van der Waals surface area contributed by atoms with Gasteiger partial charge in [0.1, 0.15) is 11.9 Å². The molecule has 7 heteroatoms. The van der Waals surface area contributed by atoms with Gasteiger partial charge in [0.15, 0.2) is 5.54 Å². The largest absolute Gasteiger partial charge is 0.494 e. The predicted octanol–water partition coefficient (Wildman–Crippen LogP) is 4.56. The van der Waals surface area contributed by atoms with Crippen molar-refractivity contribution in [3.8, 4) is 5.75 Å². The molecule has 0 aromatic heterocycles. The van der Waals surface area contributed by atoms with Crippen molar-refractivity contribution >= 4 is 23.4 Å². The molecule has 6 nitrogen and oxygen atoms in total. The quantitative estimate of drug-likeness (QED) is 0.406. The summed E-state index contributed by atoms with van der Waals surface area (Å²) in [6.07, 6.45) is 0.513. The van der Waals surface area contributed by atoms with Gasteiger partial charge in [-0.15, -0.1) is 0 Å². The second-order valence-electron chi connectivity index (χ2n) is 8.52. The number of hydrogen-bond donors (Lipinski definition) is 2. The van der Waals surface area contributed by atoms with E-state index in [-0.39, 0.29) is 12.5 Å². The summed E-state index contributed by atoms with van der Waals surface area (Å²) >= 11 is 5.99. The zero-order valence-corrected chi connectivity index (χ0v) is 20.4. The van der Waals surface area contributed by atoms with Gasteiger partial charge in [0.2, 0.25) is 5.90 Å². The third kappa shape index (κ3) is 6.02. The Bertz CT molecular complexity index is 1150. The van der Waals surface area contributed by atoms with Gasteiger partial charge in [0, 0.05) is 36.6 Å². The first-order valence-corrected chi connectivity index (χ1v) is 12.1. The van der Waals surface area contributed by atoms with Gasteiger partial charge in [0.25, 0.3) is 5.91 Å². The van der Waals surface area contributed by atoms with Gasteiger partial charge in [-0.05, 0) is 54.4 Å². The molecule has 1 heterocycles. The van der Waals surface area contributed by atoms with Crippen LogP contribution in [-0.4, -0.2) is 41.8 Å². The molecule has 2 N–H and O–H groups in total. The van der Waals surface area contributed by atoms with Gasteiger partial charge < -0.3 is 19.9 Å². The highest BCUT2D eigenvalue weighted by atomic mass is 35.5. The van der Waals surface area contributed by atoms with E-state index in [1.165, 1.54) is 0 Å². The van der Waals surface area contributed by atoms with Crippen LogP contribution in [0.25, 0.3) is 0 Å². The summed E-state index contributed by atoms with van der Waals surface area (Å²) in [6, 6.07) is 24.6. The summed E-state index contributed by atoms with van der Waals surface area (Å²) in [6.45, 7) is 2.78. The van der Waals surface area contributed by atoms with Crippen LogP contribution in [0, 0.1) is 0 Å². The predicted molar refractivity (Wildman–Crippen MR) is 137 cm³/mol. The van der Waals surface area contributed by atoms with Gasteiger partial charge in [-0.3, -0.25) is 4.79 Å². The van der Waals surface area contributed by atoms with Crippen LogP contribution in [0.5, 0.6) is 5.75 Å². The van der Waals surface area contributed by atoms with Crippen molar-refractivity contribution in [2.24, 2.45) is 4.99 Å². The molecule has 0 bridgehead atoms. The molecule has 4 rings (SSSR count). The summed E-state index contributed by atoms with van der Waals surface area (Å²) in [7, 11) is 0. The van der Waals surface area contributed by atoms with E-state index >= 15 is 0 Å². The van der Waals surface area contributed by atoms with E-state index in [1.54, 1.807) is 12.1 Å². The molecule has 0 aliphatic carbocycles. The first-order chi connectivity index (χ1) is 17.0. The molecule has 2 atom stereocenters. The topological polar surface area (TPSA) is 80.2 Å². The summed E-state index contributed by atoms with van der Waals surface area (Å²) in [4.78, 5) is 18.5. The van der Waals surface area contributed by atoms with Crippen LogP contribution in [0.4, 0.5) is 0 Å². The van der Waals surface area contributed by atoms with Gasteiger partial charge in [-0.1, -0.05) is 54.1 Å². The second-order valence-corrected chi connectivity index (χ2v) is 8.96. The fourth-order valence-corrected chi connectivity index (χ4v) is 4.11. The van der Waals surface area contributed by atoms with E-state index in [9.17, 15) is 4.79 Å². The number of halogens is 1. The Morgan fingerprint density at radius 1 is 1.06 bits per heavy atom. The lowest BCUT2D eigenvalue weighted by Crippen LogP contribution is -2.52. The van der Waals surface area contributed by atoms with E-state index < -0.39 is 11.6 Å². The molecule has 0 saturated heterocycles. The average molecular weight is 493 g/mol. The minimum Gasteiger partial charge on any atom is -0.494 e. The van der Waals surface area contributed by atoms with Crippen LogP contribution in [0.1, 0.15) is 30.0 Å². The van der Waals surface area contributed by atoms with Crippen molar-refractivity contribution in [3.63, 3.8) is 0 Å². The molecule has 1 aliphatic heterocycles. The highest BCUT2D eigenvalue weighted by Crippen LogP contribution is 2.33. The Hall–Kier alpha value is -3.35. The molecule has 1 amide bonds. The highest BCUT2D eigenvalue weighted by molar-refractivity contribution is 6.30. The maximum absolute atomic E-state index is 13.6. The lowest BCUT2D eigenvalue weighted by atomic mass is 9.86. The number of hydrogen-bond acceptors (Lipinski definition) is 5. The van der Waals surface area contributed by atoms with Crippen molar-refractivity contribution < 1.29 is 19.4 Å². The Kier molecular flexibility index (Phi) is 8.06. The number of rotatable bonds is 10. The van der Waals surface area contributed by atoms with Crippen molar-refractivity contribution in [1.29, 1.82) is 0 Å². The van der Waals surface area contributed by atoms with Crippen LogP contribution in [0.2, 0.25) is 5.02 Å². The van der Waals surface area contributed by atoms with E-state index in [2.05, 4.69) is 5.32 Å². The smallest absolute Gasteiger partial charge is 0.252 e. The minimum absolute atomic E-state index is 0.0875. The van der Waals surface area contributed by atoms with E-state index in [4.69, 9.17) is 31.2 Å². The van der Waals surface area contributed by atoms with Crippen molar-refractivity contribution in [3.05, 3.63) is 101 Å². The molecule has 0 radical (unpaired) electrons. The number of benzene rings is 3. The van der Waals surface area contributed by atoms with Crippen LogP contribution < -0.4 is 10.1 Å². The van der Waals surface area contributed by atoms with Crippen LogP contribution in [-0.2, 0) is 22.5 Å². The van der Waals surface area contributed by atoms with Crippen molar-refractivity contribution in [1.82, 2.24) is 5.32 Å². The van der Waals surface area contributed by atoms with Crippen LogP contribution in [0.3, 0.4) is 0 Å². The Balaban J connectivity index is 1.58. The lowest BCUT2D eigenvalue weighted by molar-refractivity contribution is -0.128. The molecule has 35 heavy (non-hydrogen) atoms. The molecule has 182 valence electrons. The number of nitrogens with one attached hydrogen (secondary N) is 1.